The van der Waals surface area contributed by atoms with Crippen LogP contribution in [0.1, 0.15) is 44.1 Å². The number of ether oxygens (including phenoxy) is 1. The molecule has 92 valence electrons. The van der Waals surface area contributed by atoms with E-state index in [4.69, 9.17) is 9.15 Å². The van der Waals surface area contributed by atoms with Gasteiger partial charge in [0.15, 0.2) is 0 Å². The van der Waals surface area contributed by atoms with Crippen molar-refractivity contribution in [3.63, 3.8) is 0 Å². The first-order valence-corrected chi connectivity index (χ1v) is 6.14. The lowest BCUT2D eigenvalue weighted by Gasteiger charge is -2.02. The molecule has 0 unspecified atom stereocenters. The highest BCUT2D eigenvalue weighted by Crippen LogP contribution is 2.08. The number of hydrogen-bond acceptors (Lipinski definition) is 3. The van der Waals surface area contributed by atoms with Gasteiger partial charge >= 0.3 is 0 Å². The van der Waals surface area contributed by atoms with Gasteiger partial charge in [0, 0.05) is 7.11 Å². The van der Waals surface area contributed by atoms with Crippen LogP contribution in [0.2, 0.25) is 0 Å². The minimum absolute atomic E-state index is 0.552. The van der Waals surface area contributed by atoms with Crippen LogP contribution < -0.4 is 5.32 Å². The first kappa shape index (κ1) is 13.3. The summed E-state index contributed by atoms with van der Waals surface area (Å²) in [7, 11) is 1.67. The molecule has 0 atom stereocenters. The number of nitrogens with one attached hydrogen (secondary N) is 1. The third-order valence-corrected chi connectivity index (χ3v) is 2.51. The maximum Gasteiger partial charge on any atom is 0.129 e. The Kier molecular flexibility index (Phi) is 6.93. The molecule has 1 aromatic rings. The summed E-state index contributed by atoms with van der Waals surface area (Å²) in [4.78, 5) is 0. The largest absolute Gasteiger partial charge is 0.462 e. The fraction of sp³-hybridized carbons (Fsp3) is 0.692. The van der Waals surface area contributed by atoms with Gasteiger partial charge in [0.2, 0.25) is 0 Å². The Balaban J connectivity index is 2.07. The van der Waals surface area contributed by atoms with Crippen LogP contribution in [0.4, 0.5) is 0 Å². The number of rotatable bonds is 9. The average Bonchev–Trinajstić information content (AvgIpc) is 2.72. The molecule has 0 radical (unpaired) electrons. The lowest BCUT2D eigenvalue weighted by Crippen LogP contribution is -2.14. The molecule has 0 aromatic carbocycles. The van der Waals surface area contributed by atoms with Crippen LogP contribution in [0.15, 0.2) is 16.5 Å². The summed E-state index contributed by atoms with van der Waals surface area (Å²) in [5, 5.41) is 3.38. The van der Waals surface area contributed by atoms with Crippen molar-refractivity contribution in [2.45, 2.75) is 45.8 Å². The van der Waals surface area contributed by atoms with Crippen molar-refractivity contribution in [2.24, 2.45) is 0 Å². The van der Waals surface area contributed by atoms with Crippen molar-refractivity contribution in [3.8, 4) is 0 Å². The molecule has 1 rings (SSSR count). The van der Waals surface area contributed by atoms with E-state index in [2.05, 4.69) is 12.2 Å². The predicted octanol–water partition coefficient (Wildman–Crippen LogP) is 3.10. The van der Waals surface area contributed by atoms with Crippen molar-refractivity contribution in [1.29, 1.82) is 0 Å². The molecular weight excluding hydrogens is 202 g/mol. The van der Waals surface area contributed by atoms with Gasteiger partial charge in [-0.1, -0.05) is 26.2 Å². The Morgan fingerprint density at radius 1 is 1.19 bits per heavy atom. The van der Waals surface area contributed by atoms with E-state index in [0.717, 1.165) is 24.6 Å². The number of furan rings is 1. The second kappa shape index (κ2) is 8.36. The second-order valence-corrected chi connectivity index (χ2v) is 4.04. The summed E-state index contributed by atoms with van der Waals surface area (Å²) in [6.45, 7) is 4.67. The van der Waals surface area contributed by atoms with Gasteiger partial charge in [-0.2, -0.15) is 0 Å². The Morgan fingerprint density at radius 2 is 2.00 bits per heavy atom. The summed E-state index contributed by atoms with van der Waals surface area (Å²) in [5.41, 5.74) is 0. The molecule has 1 N–H and O–H groups in total. The molecule has 3 heteroatoms. The fourth-order valence-electron chi connectivity index (χ4n) is 1.63. The van der Waals surface area contributed by atoms with E-state index in [1.165, 1.54) is 25.7 Å². The highest BCUT2D eigenvalue weighted by Gasteiger charge is 2.00. The first-order valence-electron chi connectivity index (χ1n) is 6.14. The SMILES string of the molecule is CCCCCCNCc1ccc(COC)o1. The van der Waals surface area contributed by atoms with E-state index >= 15 is 0 Å². The lowest BCUT2D eigenvalue weighted by molar-refractivity contribution is 0.162. The van der Waals surface area contributed by atoms with Gasteiger partial charge in [0.25, 0.3) is 0 Å². The predicted molar refractivity (Wildman–Crippen MR) is 65.3 cm³/mol. The van der Waals surface area contributed by atoms with Crippen LogP contribution >= 0.6 is 0 Å². The molecule has 16 heavy (non-hydrogen) atoms. The minimum Gasteiger partial charge on any atom is -0.462 e. The zero-order chi connectivity index (χ0) is 11.6. The lowest BCUT2D eigenvalue weighted by atomic mass is 10.2. The molecule has 0 aliphatic rings. The van der Waals surface area contributed by atoms with Crippen LogP contribution in [0.5, 0.6) is 0 Å². The van der Waals surface area contributed by atoms with Crippen molar-refractivity contribution in [2.75, 3.05) is 13.7 Å². The molecule has 0 amide bonds. The Hall–Kier alpha value is -0.800. The molecule has 1 heterocycles. The number of unbranched alkanes of at least 4 members (excludes halogenated alkanes) is 3. The zero-order valence-electron chi connectivity index (χ0n) is 10.4. The maximum atomic E-state index is 5.56. The van der Waals surface area contributed by atoms with E-state index < -0.39 is 0 Å². The van der Waals surface area contributed by atoms with Gasteiger partial charge in [-0.15, -0.1) is 0 Å². The van der Waals surface area contributed by atoms with Gasteiger partial charge in [0.1, 0.15) is 18.1 Å². The monoisotopic (exact) mass is 225 g/mol. The van der Waals surface area contributed by atoms with E-state index in [9.17, 15) is 0 Å². The molecule has 0 saturated carbocycles. The first-order chi connectivity index (χ1) is 7.86. The zero-order valence-corrected chi connectivity index (χ0v) is 10.4. The van der Waals surface area contributed by atoms with Crippen LogP contribution in [-0.2, 0) is 17.9 Å². The molecule has 0 bridgehead atoms. The van der Waals surface area contributed by atoms with Crippen LogP contribution in [0, 0.1) is 0 Å². The number of hydrogen-bond donors (Lipinski definition) is 1. The van der Waals surface area contributed by atoms with Crippen molar-refractivity contribution in [3.05, 3.63) is 23.7 Å². The molecule has 0 fully saturated rings. The molecule has 0 saturated heterocycles. The standard InChI is InChI=1S/C13H23NO2/c1-3-4-5-6-9-14-10-12-7-8-13(16-12)11-15-2/h7-8,14H,3-6,9-11H2,1-2H3. The van der Waals surface area contributed by atoms with Gasteiger partial charge < -0.3 is 14.5 Å². The highest BCUT2D eigenvalue weighted by molar-refractivity contribution is 5.06. The molecular formula is C13H23NO2. The van der Waals surface area contributed by atoms with Crippen molar-refractivity contribution >= 4 is 0 Å². The second-order valence-electron chi connectivity index (χ2n) is 4.04. The normalized spacial score (nSPS) is 10.9. The van der Waals surface area contributed by atoms with Gasteiger partial charge in [-0.25, -0.2) is 0 Å². The van der Waals surface area contributed by atoms with Crippen LogP contribution in [-0.4, -0.2) is 13.7 Å². The Morgan fingerprint density at radius 3 is 2.75 bits per heavy atom. The molecule has 1 aromatic heterocycles. The summed E-state index contributed by atoms with van der Waals surface area (Å²) in [5.74, 6) is 1.88. The third-order valence-electron chi connectivity index (χ3n) is 2.51. The smallest absolute Gasteiger partial charge is 0.129 e. The van der Waals surface area contributed by atoms with Gasteiger partial charge in [0.05, 0.1) is 6.54 Å². The number of methoxy groups -OCH3 is 1. The molecule has 3 nitrogen and oxygen atoms in total. The fourth-order valence-corrected chi connectivity index (χ4v) is 1.63. The van der Waals surface area contributed by atoms with E-state index in [1.807, 2.05) is 12.1 Å². The summed E-state index contributed by atoms with van der Waals surface area (Å²) in [6.07, 6.45) is 5.19. The van der Waals surface area contributed by atoms with Crippen molar-refractivity contribution in [1.82, 2.24) is 5.32 Å². The average molecular weight is 225 g/mol. The third kappa shape index (κ3) is 5.33. The summed E-state index contributed by atoms with van der Waals surface area (Å²) < 4.78 is 10.6. The van der Waals surface area contributed by atoms with Crippen LogP contribution in [0.25, 0.3) is 0 Å². The van der Waals surface area contributed by atoms with Gasteiger partial charge in [-0.05, 0) is 25.1 Å². The Bertz CT molecular complexity index is 271. The van der Waals surface area contributed by atoms with Crippen LogP contribution in [0.3, 0.4) is 0 Å². The maximum absolute atomic E-state index is 5.56. The van der Waals surface area contributed by atoms with Gasteiger partial charge in [-0.3, -0.25) is 0 Å². The Labute approximate surface area is 98.2 Å². The molecule has 0 aliphatic heterocycles. The van der Waals surface area contributed by atoms with Crippen molar-refractivity contribution < 1.29 is 9.15 Å². The molecule has 0 spiro atoms. The summed E-state index contributed by atoms with van der Waals surface area (Å²) in [6, 6.07) is 3.98. The van der Waals surface area contributed by atoms with E-state index in [-0.39, 0.29) is 0 Å². The summed E-state index contributed by atoms with van der Waals surface area (Å²) >= 11 is 0. The minimum atomic E-state index is 0.552. The highest BCUT2D eigenvalue weighted by atomic mass is 16.5. The topological polar surface area (TPSA) is 34.4 Å². The van der Waals surface area contributed by atoms with E-state index in [0.29, 0.717) is 6.61 Å². The quantitative estimate of drug-likeness (QED) is 0.656. The molecule has 0 aliphatic carbocycles. The van der Waals surface area contributed by atoms with E-state index in [1.54, 1.807) is 7.11 Å².